The first-order valence-electron chi connectivity index (χ1n) is 8.82. The Kier molecular flexibility index (Phi) is 5.58. The van der Waals surface area contributed by atoms with E-state index >= 15 is 0 Å². The van der Waals surface area contributed by atoms with Crippen molar-refractivity contribution in [2.45, 2.75) is 26.4 Å². The van der Waals surface area contributed by atoms with Crippen LogP contribution in [0, 0.1) is 0 Å². The van der Waals surface area contributed by atoms with Crippen molar-refractivity contribution in [2.24, 2.45) is 0 Å². The van der Waals surface area contributed by atoms with E-state index in [0.29, 0.717) is 24.5 Å². The van der Waals surface area contributed by atoms with Gasteiger partial charge in [-0.2, -0.15) is 0 Å². The zero-order chi connectivity index (χ0) is 18.5. The van der Waals surface area contributed by atoms with Crippen molar-refractivity contribution in [3.8, 4) is 5.75 Å². The fourth-order valence-electron chi connectivity index (χ4n) is 3.27. The van der Waals surface area contributed by atoms with E-state index in [1.807, 2.05) is 53.1 Å². The van der Waals surface area contributed by atoms with Gasteiger partial charge in [-0.05, 0) is 30.7 Å². The second-order valence-corrected chi connectivity index (χ2v) is 6.26. The monoisotopic (exact) mass is 352 g/mol. The number of benzene rings is 2. The summed E-state index contributed by atoms with van der Waals surface area (Å²) in [6.07, 6.45) is 0.999. The number of carboxylic acid groups (broad SMARTS) is 1. The summed E-state index contributed by atoms with van der Waals surface area (Å²) in [7, 11) is 1.62. The van der Waals surface area contributed by atoms with Crippen LogP contribution in [0.2, 0.25) is 0 Å². The first-order valence-corrected chi connectivity index (χ1v) is 8.82. The van der Waals surface area contributed by atoms with Crippen LogP contribution in [0.3, 0.4) is 0 Å². The van der Waals surface area contributed by atoms with Crippen LogP contribution in [0.5, 0.6) is 5.75 Å². The molecule has 5 heteroatoms. The quantitative estimate of drug-likeness (QED) is 0.604. The molecular weight excluding hydrogens is 328 g/mol. The lowest BCUT2D eigenvalue weighted by atomic mass is 10.1. The van der Waals surface area contributed by atoms with E-state index in [2.05, 4.69) is 12.2 Å². The molecule has 0 fully saturated rings. The van der Waals surface area contributed by atoms with Gasteiger partial charge in [0.05, 0.1) is 12.6 Å². The highest BCUT2D eigenvalue weighted by Crippen LogP contribution is 2.30. The summed E-state index contributed by atoms with van der Waals surface area (Å²) in [5, 5.41) is 14.2. The molecule has 0 amide bonds. The summed E-state index contributed by atoms with van der Waals surface area (Å²) in [5.41, 5.74) is 3.09. The Morgan fingerprint density at radius 2 is 1.96 bits per heavy atom. The van der Waals surface area contributed by atoms with E-state index in [1.165, 1.54) is 0 Å². The molecule has 0 saturated heterocycles. The number of rotatable bonds is 8. The van der Waals surface area contributed by atoms with Crippen molar-refractivity contribution in [3.63, 3.8) is 0 Å². The van der Waals surface area contributed by atoms with Crippen molar-refractivity contribution < 1.29 is 14.6 Å². The minimum absolute atomic E-state index is 0.334. The molecule has 3 rings (SSSR count). The molecule has 0 bridgehead atoms. The minimum atomic E-state index is -0.913. The minimum Gasteiger partial charge on any atom is -0.497 e. The number of nitrogens with zero attached hydrogens (tertiary/aromatic N) is 1. The van der Waals surface area contributed by atoms with Crippen LogP contribution >= 0.6 is 0 Å². The van der Waals surface area contributed by atoms with Gasteiger partial charge in [0.1, 0.15) is 11.4 Å². The van der Waals surface area contributed by atoms with E-state index in [4.69, 9.17) is 4.74 Å². The van der Waals surface area contributed by atoms with Crippen LogP contribution in [-0.2, 0) is 13.1 Å². The van der Waals surface area contributed by atoms with Gasteiger partial charge in [-0.3, -0.25) is 0 Å². The third-order valence-corrected chi connectivity index (χ3v) is 4.49. The molecule has 0 saturated carbocycles. The number of aromatic nitrogens is 1. The average Bonchev–Trinajstić information content (AvgIpc) is 2.96. The first-order chi connectivity index (χ1) is 12.7. The molecule has 2 N–H and O–H groups in total. The number of carbonyl (C=O) groups is 1. The normalized spacial score (nSPS) is 11.0. The largest absolute Gasteiger partial charge is 0.497 e. The average molecular weight is 352 g/mol. The fourth-order valence-corrected chi connectivity index (χ4v) is 3.27. The third-order valence-electron chi connectivity index (χ3n) is 4.49. The number of carboxylic acids is 1. The van der Waals surface area contributed by atoms with Gasteiger partial charge >= 0.3 is 5.97 Å². The molecule has 5 nitrogen and oxygen atoms in total. The van der Waals surface area contributed by atoms with E-state index in [9.17, 15) is 9.90 Å². The third kappa shape index (κ3) is 3.58. The number of hydrogen-bond donors (Lipinski definition) is 2. The second-order valence-electron chi connectivity index (χ2n) is 6.26. The summed E-state index contributed by atoms with van der Waals surface area (Å²) in [5.74, 6) is -0.196. The molecule has 0 spiro atoms. The standard InChI is InChI=1S/C21H24N2O3/c1-3-11-22-13-18-17-10-9-16(26-2)12-19(17)23(20(18)21(24)25)14-15-7-5-4-6-8-15/h4-10,12,22H,3,11,13-14H2,1-2H3,(H,24,25). The Bertz CT molecular complexity index is 901. The van der Waals surface area contributed by atoms with Crippen LogP contribution in [0.25, 0.3) is 10.9 Å². The highest BCUT2D eigenvalue weighted by Gasteiger charge is 2.22. The van der Waals surface area contributed by atoms with Crippen molar-refractivity contribution in [1.82, 2.24) is 9.88 Å². The Morgan fingerprint density at radius 1 is 1.19 bits per heavy atom. The highest BCUT2D eigenvalue weighted by molar-refractivity contribution is 5.98. The molecule has 2 aromatic carbocycles. The van der Waals surface area contributed by atoms with Crippen molar-refractivity contribution in [1.29, 1.82) is 0 Å². The zero-order valence-electron chi connectivity index (χ0n) is 15.2. The summed E-state index contributed by atoms with van der Waals surface area (Å²) >= 11 is 0. The van der Waals surface area contributed by atoms with Gasteiger partial charge in [-0.25, -0.2) is 4.79 Å². The molecule has 0 atom stereocenters. The van der Waals surface area contributed by atoms with E-state index in [1.54, 1.807) is 7.11 Å². The molecular formula is C21H24N2O3. The zero-order valence-corrected chi connectivity index (χ0v) is 15.2. The number of methoxy groups -OCH3 is 1. The van der Waals surface area contributed by atoms with Crippen LogP contribution in [0.15, 0.2) is 48.5 Å². The van der Waals surface area contributed by atoms with Crippen LogP contribution < -0.4 is 10.1 Å². The summed E-state index contributed by atoms with van der Waals surface area (Å²) in [6, 6.07) is 15.6. The van der Waals surface area contributed by atoms with Gasteiger partial charge in [0.15, 0.2) is 0 Å². The number of aromatic carboxylic acids is 1. The lowest BCUT2D eigenvalue weighted by Gasteiger charge is -2.10. The Balaban J connectivity index is 2.17. The van der Waals surface area contributed by atoms with E-state index in [0.717, 1.165) is 35.0 Å². The van der Waals surface area contributed by atoms with Gasteiger partial charge in [-0.15, -0.1) is 0 Å². The Labute approximate surface area is 153 Å². The second kappa shape index (κ2) is 8.06. The van der Waals surface area contributed by atoms with Crippen molar-refractivity contribution >= 4 is 16.9 Å². The predicted molar refractivity (Wildman–Crippen MR) is 103 cm³/mol. The molecule has 0 radical (unpaired) electrons. The maximum absolute atomic E-state index is 12.1. The molecule has 0 aliphatic carbocycles. The molecule has 3 aromatic rings. The van der Waals surface area contributed by atoms with Gasteiger partial charge in [0.25, 0.3) is 0 Å². The van der Waals surface area contributed by atoms with Crippen LogP contribution in [0.4, 0.5) is 0 Å². The topological polar surface area (TPSA) is 63.5 Å². The predicted octanol–water partition coefficient (Wildman–Crippen LogP) is 3.90. The summed E-state index contributed by atoms with van der Waals surface area (Å²) in [6.45, 7) is 3.97. The molecule has 0 unspecified atom stereocenters. The number of fused-ring (bicyclic) bond motifs is 1. The van der Waals surface area contributed by atoms with E-state index in [-0.39, 0.29) is 0 Å². The molecule has 0 aliphatic rings. The first kappa shape index (κ1) is 18.0. The van der Waals surface area contributed by atoms with Crippen molar-refractivity contribution in [3.05, 3.63) is 65.4 Å². The Hall–Kier alpha value is -2.79. The smallest absolute Gasteiger partial charge is 0.352 e. The molecule has 0 aliphatic heterocycles. The molecule has 1 heterocycles. The Morgan fingerprint density at radius 3 is 2.62 bits per heavy atom. The summed E-state index contributed by atoms with van der Waals surface area (Å²) in [4.78, 5) is 12.1. The molecule has 1 aromatic heterocycles. The van der Waals surface area contributed by atoms with E-state index < -0.39 is 5.97 Å². The van der Waals surface area contributed by atoms with Crippen molar-refractivity contribution in [2.75, 3.05) is 13.7 Å². The van der Waals surface area contributed by atoms with Crippen LogP contribution in [0.1, 0.15) is 35.0 Å². The maximum atomic E-state index is 12.1. The highest BCUT2D eigenvalue weighted by atomic mass is 16.5. The van der Waals surface area contributed by atoms with Gasteiger partial charge in [0.2, 0.25) is 0 Å². The maximum Gasteiger partial charge on any atom is 0.352 e. The van der Waals surface area contributed by atoms with Gasteiger partial charge < -0.3 is 19.7 Å². The molecule has 26 heavy (non-hydrogen) atoms. The summed E-state index contributed by atoms with van der Waals surface area (Å²) < 4.78 is 7.23. The van der Waals surface area contributed by atoms with Gasteiger partial charge in [0, 0.05) is 30.1 Å². The molecule has 136 valence electrons. The number of nitrogens with one attached hydrogen (secondary N) is 1. The fraction of sp³-hybridized carbons (Fsp3) is 0.286. The lowest BCUT2D eigenvalue weighted by molar-refractivity contribution is 0.0685. The van der Waals surface area contributed by atoms with Crippen LogP contribution in [-0.4, -0.2) is 29.3 Å². The number of hydrogen-bond acceptors (Lipinski definition) is 3. The lowest BCUT2D eigenvalue weighted by Crippen LogP contribution is -2.18. The number of ether oxygens (including phenoxy) is 1. The SMILES string of the molecule is CCCNCc1c(C(=O)O)n(Cc2ccccc2)c2cc(OC)ccc12. The van der Waals surface area contributed by atoms with Gasteiger partial charge in [-0.1, -0.05) is 37.3 Å².